The minimum Gasteiger partial charge on any atom is -0.453 e. The molecule has 0 saturated carbocycles. The summed E-state index contributed by atoms with van der Waals surface area (Å²) < 4.78 is 21.7. The Balaban J connectivity index is 1.52. The lowest BCUT2D eigenvalue weighted by Gasteiger charge is -2.23. The Morgan fingerprint density at radius 3 is 2.76 bits per heavy atom. The lowest BCUT2D eigenvalue weighted by molar-refractivity contribution is -0.119. The Labute approximate surface area is 269 Å². The van der Waals surface area contributed by atoms with E-state index in [1.165, 1.54) is 13.3 Å². The Morgan fingerprint density at radius 2 is 2.00 bits per heavy atom. The number of amides is 3. The number of rotatable bonds is 6. The van der Waals surface area contributed by atoms with Crippen molar-refractivity contribution in [3.8, 4) is 16.8 Å². The van der Waals surface area contributed by atoms with Crippen LogP contribution in [0.2, 0.25) is 5.02 Å². The molecule has 10 nitrogen and oxygen atoms in total. The number of aromatic nitrogens is 3. The summed E-state index contributed by atoms with van der Waals surface area (Å²) in [7, 11) is 1.25. The van der Waals surface area contributed by atoms with E-state index in [-0.39, 0.29) is 17.4 Å². The zero-order chi connectivity index (χ0) is 32.1. The van der Waals surface area contributed by atoms with Crippen molar-refractivity contribution >= 4 is 52.5 Å². The van der Waals surface area contributed by atoms with Gasteiger partial charge in [0.15, 0.2) is 0 Å². The van der Waals surface area contributed by atoms with Crippen LogP contribution in [-0.4, -0.2) is 45.7 Å². The maximum absolute atomic E-state index is 15.4. The van der Waals surface area contributed by atoms with Gasteiger partial charge in [-0.2, -0.15) is 9.49 Å². The molecular formula is C32H31Cl2FN6O4. The summed E-state index contributed by atoms with van der Waals surface area (Å²) in [5, 5.41) is 13.6. The van der Waals surface area contributed by atoms with Gasteiger partial charge in [0.1, 0.15) is 0 Å². The Morgan fingerprint density at radius 1 is 1.18 bits per heavy atom. The van der Waals surface area contributed by atoms with Gasteiger partial charge in [-0.15, -0.1) is 11.6 Å². The summed E-state index contributed by atoms with van der Waals surface area (Å²) in [6.45, 7) is 1.80. The van der Waals surface area contributed by atoms with E-state index < -0.39 is 29.9 Å². The lowest BCUT2D eigenvalue weighted by Crippen LogP contribution is -2.30. The minimum absolute atomic E-state index is 0.198. The van der Waals surface area contributed by atoms with Gasteiger partial charge in [-0.05, 0) is 49.2 Å². The molecule has 2 aromatic heterocycles. The first kappa shape index (κ1) is 31.9. The second-order valence-corrected chi connectivity index (χ2v) is 11.5. The van der Waals surface area contributed by atoms with E-state index >= 15 is 4.39 Å². The first-order valence-corrected chi connectivity index (χ1v) is 15.2. The van der Waals surface area contributed by atoms with Crippen LogP contribution in [0.1, 0.15) is 53.8 Å². The maximum atomic E-state index is 15.4. The molecule has 13 heteroatoms. The number of aryl methyl sites for hydroxylation is 1. The first-order valence-electron chi connectivity index (χ1n) is 14.3. The quantitative estimate of drug-likeness (QED) is 0.153. The van der Waals surface area contributed by atoms with Crippen LogP contribution in [0.5, 0.6) is 0 Å². The molecule has 1 aliphatic heterocycles. The molecule has 0 saturated heterocycles. The monoisotopic (exact) mass is 652 g/mol. The van der Waals surface area contributed by atoms with Gasteiger partial charge in [-0.25, -0.2) is 14.5 Å². The molecule has 4 aromatic rings. The smallest absolute Gasteiger partial charge is 0.411 e. The lowest BCUT2D eigenvalue weighted by atomic mass is 9.93. The SMILES string of the molecule is COC(=O)Nc1ccc2c(c1)NC(=O)C(C)CCC[C@H](NC(=O)c1cn(-c3cccc(Cl)c3)nc1CCCl)c1cc-2cnc1F. The molecule has 1 aliphatic rings. The van der Waals surface area contributed by atoms with E-state index in [4.69, 9.17) is 23.2 Å². The van der Waals surface area contributed by atoms with Crippen LogP contribution in [0.25, 0.3) is 16.8 Å². The maximum Gasteiger partial charge on any atom is 0.411 e. The van der Waals surface area contributed by atoms with Crippen LogP contribution in [0, 0.1) is 11.9 Å². The molecule has 3 N–H and O–H groups in total. The van der Waals surface area contributed by atoms with E-state index in [9.17, 15) is 14.4 Å². The summed E-state index contributed by atoms with van der Waals surface area (Å²) in [6.07, 6.45) is 3.98. The summed E-state index contributed by atoms with van der Waals surface area (Å²) in [6, 6.07) is 12.8. The van der Waals surface area contributed by atoms with Gasteiger partial charge in [0.2, 0.25) is 11.9 Å². The third-order valence-corrected chi connectivity index (χ3v) is 8.01. The standard InChI is InChI=1S/C32H31Cl2FN6O4/c1-18-5-3-8-26(38-31(43)25-17-41(40-27(25)11-12-33)22-7-4-6-20(34)14-22)24-13-19(16-36-29(24)35)23-10-9-21(37-32(44)45-2)15-28(23)39-30(18)42/h4,6-7,9-10,13-18,26H,3,5,8,11-12H2,1-2H3,(H,37,44)(H,38,43)(H,39,42)/t18?,26-/m0/s1. The van der Waals surface area contributed by atoms with Crippen molar-refractivity contribution in [3.05, 3.63) is 88.7 Å². The summed E-state index contributed by atoms with van der Waals surface area (Å²) in [5.74, 6) is -1.54. The fourth-order valence-electron chi connectivity index (χ4n) is 5.18. The molecular weight excluding hydrogens is 622 g/mol. The van der Waals surface area contributed by atoms with E-state index in [0.717, 1.165) is 0 Å². The molecule has 0 fully saturated rings. The number of nitrogens with one attached hydrogen (secondary N) is 3. The Hall–Kier alpha value is -4.48. The van der Waals surface area contributed by atoms with Crippen molar-refractivity contribution in [2.45, 2.75) is 38.6 Å². The molecule has 0 spiro atoms. The highest BCUT2D eigenvalue weighted by Gasteiger charge is 2.26. The molecule has 3 heterocycles. The van der Waals surface area contributed by atoms with Gasteiger partial charge in [0.05, 0.1) is 35.8 Å². The molecule has 234 valence electrons. The number of benzene rings is 2. The van der Waals surface area contributed by atoms with E-state index in [2.05, 4.69) is 30.8 Å². The number of fused-ring (bicyclic) bond motifs is 4. The number of carbonyl (C=O) groups excluding carboxylic acids is 3. The van der Waals surface area contributed by atoms with Crippen molar-refractivity contribution in [2.75, 3.05) is 23.6 Å². The number of nitrogens with zero attached hydrogens (tertiary/aromatic N) is 3. The highest BCUT2D eigenvalue weighted by molar-refractivity contribution is 6.30. The highest BCUT2D eigenvalue weighted by atomic mass is 35.5. The Bertz CT molecular complexity index is 1750. The fourth-order valence-corrected chi connectivity index (χ4v) is 5.55. The zero-order valence-electron chi connectivity index (χ0n) is 24.6. The normalized spacial score (nSPS) is 16.4. The number of hydrogen-bond donors (Lipinski definition) is 3. The second kappa shape index (κ2) is 14.1. The van der Waals surface area contributed by atoms with Crippen molar-refractivity contribution in [2.24, 2.45) is 5.92 Å². The summed E-state index contributed by atoms with van der Waals surface area (Å²) in [4.78, 5) is 42.7. The number of ether oxygens (including phenoxy) is 1. The first-order chi connectivity index (χ1) is 21.7. The van der Waals surface area contributed by atoms with E-state index in [1.807, 2.05) is 6.07 Å². The molecule has 2 bridgehead atoms. The molecule has 2 aromatic carbocycles. The summed E-state index contributed by atoms with van der Waals surface area (Å²) in [5.41, 5.74) is 3.51. The third kappa shape index (κ3) is 7.43. The number of halogens is 3. The number of hydrogen-bond acceptors (Lipinski definition) is 6. The zero-order valence-corrected chi connectivity index (χ0v) is 26.1. The number of pyridine rings is 1. The molecule has 5 rings (SSSR count). The van der Waals surface area contributed by atoms with Gasteiger partial charge < -0.3 is 15.4 Å². The van der Waals surface area contributed by atoms with Crippen molar-refractivity contribution in [3.63, 3.8) is 0 Å². The van der Waals surface area contributed by atoms with Gasteiger partial charge >= 0.3 is 6.09 Å². The van der Waals surface area contributed by atoms with E-state index in [1.54, 1.807) is 60.3 Å². The predicted molar refractivity (Wildman–Crippen MR) is 171 cm³/mol. The molecule has 1 unspecified atom stereocenters. The fraction of sp³-hybridized carbons (Fsp3) is 0.281. The average Bonchev–Trinajstić information content (AvgIpc) is 3.45. The van der Waals surface area contributed by atoms with Gasteiger partial charge in [-0.1, -0.05) is 37.1 Å². The molecule has 0 aliphatic carbocycles. The third-order valence-electron chi connectivity index (χ3n) is 7.58. The largest absolute Gasteiger partial charge is 0.453 e. The van der Waals surface area contributed by atoms with Crippen molar-refractivity contribution in [1.82, 2.24) is 20.1 Å². The topological polar surface area (TPSA) is 127 Å². The van der Waals surface area contributed by atoms with Crippen molar-refractivity contribution in [1.29, 1.82) is 0 Å². The van der Waals surface area contributed by atoms with Crippen LogP contribution >= 0.6 is 23.2 Å². The van der Waals surface area contributed by atoms with Crippen LogP contribution < -0.4 is 16.0 Å². The molecule has 45 heavy (non-hydrogen) atoms. The van der Waals surface area contributed by atoms with Crippen LogP contribution in [0.3, 0.4) is 0 Å². The minimum atomic E-state index is -0.762. The summed E-state index contributed by atoms with van der Waals surface area (Å²) >= 11 is 12.2. The van der Waals surface area contributed by atoms with Gasteiger partial charge in [-0.3, -0.25) is 14.9 Å². The van der Waals surface area contributed by atoms with Crippen LogP contribution in [0.4, 0.5) is 20.6 Å². The van der Waals surface area contributed by atoms with Gasteiger partial charge in [0, 0.05) is 58.0 Å². The van der Waals surface area contributed by atoms with Crippen molar-refractivity contribution < 1.29 is 23.5 Å². The molecule has 2 atom stereocenters. The number of carbonyl (C=O) groups is 3. The number of methoxy groups -OCH3 is 1. The number of alkyl halides is 1. The molecule has 0 radical (unpaired) electrons. The second-order valence-electron chi connectivity index (χ2n) is 10.7. The highest BCUT2D eigenvalue weighted by Crippen LogP contribution is 2.35. The van der Waals surface area contributed by atoms with Gasteiger partial charge in [0.25, 0.3) is 5.91 Å². The average molecular weight is 654 g/mol. The van der Waals surface area contributed by atoms with Crippen LogP contribution in [0.15, 0.2) is 60.9 Å². The predicted octanol–water partition coefficient (Wildman–Crippen LogP) is 6.92. The number of anilines is 2. The Kier molecular flexibility index (Phi) is 9.99. The van der Waals surface area contributed by atoms with Crippen LogP contribution in [-0.2, 0) is 16.0 Å². The molecule has 3 amide bonds. The van der Waals surface area contributed by atoms with E-state index in [0.29, 0.717) is 70.2 Å².